The number of fused-ring (bicyclic) bond motifs is 1. The molecule has 4 rings (SSSR count). The standard InChI is InChI=1S/C36H48N6O4/c1-23-16-29(43)17-24(2)30(23)20-31(38)36(46)42-22-27-13-7-6-12-26(27)19-28(42)21-40-32(14-8-9-15-37)35(45)41-33(34(39)44)18-25-10-4-3-5-11-25/h3-7,10-13,16-17,28,31-33,40,43H,8-9,14-15,18-22,37-38H2,1-2H3,(H2,39,44)(H,41,45)/t28-,31-,32-,33-/m0/s1. The van der Waals surface area contributed by atoms with Crippen LogP contribution in [0.5, 0.6) is 5.75 Å². The number of nitrogens with two attached hydrogens (primary N) is 3. The molecule has 4 atom stereocenters. The summed E-state index contributed by atoms with van der Waals surface area (Å²) in [5.74, 6) is -0.911. The van der Waals surface area contributed by atoms with Crippen LogP contribution in [0.15, 0.2) is 66.7 Å². The third-order valence-corrected chi connectivity index (χ3v) is 8.87. The maximum atomic E-state index is 14.0. The van der Waals surface area contributed by atoms with Crippen LogP contribution in [0, 0.1) is 13.8 Å². The minimum Gasteiger partial charge on any atom is -0.508 e. The van der Waals surface area contributed by atoms with Crippen molar-refractivity contribution in [1.29, 1.82) is 0 Å². The summed E-state index contributed by atoms with van der Waals surface area (Å²) in [6, 6.07) is 18.3. The van der Waals surface area contributed by atoms with Crippen LogP contribution in [-0.2, 0) is 40.2 Å². The number of aryl methyl sites for hydroxylation is 2. The number of nitrogens with one attached hydrogen (secondary N) is 2. The Bertz CT molecular complexity index is 1470. The van der Waals surface area contributed by atoms with Gasteiger partial charge in [-0.3, -0.25) is 14.4 Å². The topological polar surface area (TPSA) is 177 Å². The van der Waals surface area contributed by atoms with E-state index in [4.69, 9.17) is 17.2 Å². The monoisotopic (exact) mass is 628 g/mol. The molecule has 0 fully saturated rings. The highest BCUT2D eigenvalue weighted by atomic mass is 16.3. The molecule has 246 valence electrons. The van der Waals surface area contributed by atoms with E-state index in [9.17, 15) is 19.5 Å². The van der Waals surface area contributed by atoms with E-state index in [1.807, 2.05) is 67.3 Å². The van der Waals surface area contributed by atoms with Crippen molar-refractivity contribution >= 4 is 17.7 Å². The molecule has 1 heterocycles. The van der Waals surface area contributed by atoms with Crippen LogP contribution in [-0.4, -0.2) is 65.0 Å². The Hall–Kier alpha value is -4.25. The Morgan fingerprint density at radius 3 is 2.24 bits per heavy atom. The van der Waals surface area contributed by atoms with Gasteiger partial charge in [0.05, 0.1) is 12.1 Å². The Kier molecular flexibility index (Phi) is 12.3. The molecule has 3 amide bonds. The molecule has 10 heteroatoms. The molecule has 10 nitrogen and oxygen atoms in total. The van der Waals surface area contributed by atoms with E-state index in [0.29, 0.717) is 45.3 Å². The smallest absolute Gasteiger partial charge is 0.240 e. The minimum atomic E-state index is -0.863. The summed E-state index contributed by atoms with van der Waals surface area (Å²) in [4.78, 5) is 41.7. The van der Waals surface area contributed by atoms with Gasteiger partial charge in [0.1, 0.15) is 11.8 Å². The number of aromatic hydroxyl groups is 1. The number of benzene rings is 3. The average molecular weight is 629 g/mol. The van der Waals surface area contributed by atoms with Gasteiger partial charge in [0, 0.05) is 25.6 Å². The van der Waals surface area contributed by atoms with Gasteiger partial charge in [-0.05, 0) is 91.6 Å². The molecule has 0 saturated carbocycles. The fraction of sp³-hybridized carbons (Fsp3) is 0.417. The first-order valence-electron chi connectivity index (χ1n) is 16.1. The lowest BCUT2D eigenvalue weighted by Gasteiger charge is -2.39. The van der Waals surface area contributed by atoms with Crippen molar-refractivity contribution in [3.63, 3.8) is 0 Å². The van der Waals surface area contributed by atoms with Crippen molar-refractivity contribution in [2.45, 2.75) is 83.1 Å². The molecule has 0 radical (unpaired) electrons. The van der Waals surface area contributed by atoms with Gasteiger partial charge >= 0.3 is 0 Å². The number of carbonyl (C=O) groups excluding carboxylic acids is 3. The maximum absolute atomic E-state index is 14.0. The molecule has 0 unspecified atom stereocenters. The number of phenols is 1. The molecule has 0 spiro atoms. The molecule has 0 bridgehead atoms. The molecule has 1 aliphatic rings. The van der Waals surface area contributed by atoms with Crippen molar-refractivity contribution in [3.8, 4) is 5.75 Å². The second-order valence-electron chi connectivity index (χ2n) is 12.4. The van der Waals surface area contributed by atoms with Gasteiger partial charge in [0.25, 0.3) is 0 Å². The van der Waals surface area contributed by atoms with Crippen LogP contribution >= 0.6 is 0 Å². The number of unbranched alkanes of at least 4 members (excludes halogenated alkanes) is 1. The second kappa shape index (κ2) is 16.4. The highest BCUT2D eigenvalue weighted by Gasteiger charge is 2.34. The third kappa shape index (κ3) is 9.15. The molecule has 3 aromatic carbocycles. The lowest BCUT2D eigenvalue weighted by Crippen LogP contribution is -2.57. The van der Waals surface area contributed by atoms with E-state index >= 15 is 0 Å². The zero-order valence-corrected chi connectivity index (χ0v) is 26.9. The number of hydrogen-bond donors (Lipinski definition) is 6. The van der Waals surface area contributed by atoms with Gasteiger partial charge in [-0.25, -0.2) is 0 Å². The molecule has 1 aliphatic heterocycles. The van der Waals surface area contributed by atoms with Crippen LogP contribution in [0.2, 0.25) is 0 Å². The quantitative estimate of drug-likeness (QED) is 0.140. The largest absolute Gasteiger partial charge is 0.508 e. The number of carbonyl (C=O) groups is 3. The number of primary amides is 1. The lowest BCUT2D eigenvalue weighted by molar-refractivity contribution is -0.136. The number of phenolic OH excluding ortho intramolecular Hbond substituents is 1. The highest BCUT2D eigenvalue weighted by Crippen LogP contribution is 2.26. The van der Waals surface area contributed by atoms with Gasteiger partial charge in [-0.1, -0.05) is 61.0 Å². The SMILES string of the molecule is Cc1cc(O)cc(C)c1C[C@H](N)C(=O)N1Cc2ccccc2C[C@H]1CN[C@@H](CCCCN)C(=O)N[C@@H](Cc1ccccc1)C(N)=O. The first-order chi connectivity index (χ1) is 22.1. The zero-order valence-electron chi connectivity index (χ0n) is 26.9. The Morgan fingerprint density at radius 1 is 0.935 bits per heavy atom. The summed E-state index contributed by atoms with van der Waals surface area (Å²) in [6.07, 6.45) is 3.21. The Balaban J connectivity index is 1.51. The lowest BCUT2D eigenvalue weighted by atomic mass is 9.91. The van der Waals surface area contributed by atoms with E-state index in [2.05, 4.69) is 16.7 Å². The number of hydrogen-bond acceptors (Lipinski definition) is 7. The van der Waals surface area contributed by atoms with E-state index in [0.717, 1.165) is 39.8 Å². The maximum Gasteiger partial charge on any atom is 0.240 e. The Labute approximate surface area is 271 Å². The summed E-state index contributed by atoms with van der Waals surface area (Å²) in [6.45, 7) is 5.08. The van der Waals surface area contributed by atoms with E-state index in [1.165, 1.54) is 0 Å². The van der Waals surface area contributed by atoms with Crippen molar-refractivity contribution < 1.29 is 19.5 Å². The van der Waals surface area contributed by atoms with Crippen LogP contribution in [0.25, 0.3) is 0 Å². The molecule has 9 N–H and O–H groups in total. The summed E-state index contributed by atoms with van der Waals surface area (Å²) in [5.41, 5.74) is 23.8. The van der Waals surface area contributed by atoms with Gasteiger partial charge in [-0.15, -0.1) is 0 Å². The normalized spacial score (nSPS) is 16.3. The van der Waals surface area contributed by atoms with E-state index in [1.54, 1.807) is 12.1 Å². The molecule has 0 aromatic heterocycles. The van der Waals surface area contributed by atoms with Crippen LogP contribution in [0.4, 0.5) is 0 Å². The highest BCUT2D eigenvalue weighted by molar-refractivity contribution is 5.89. The first kappa shape index (κ1) is 34.6. The van der Waals surface area contributed by atoms with Crippen molar-refractivity contribution in [1.82, 2.24) is 15.5 Å². The molecule has 0 saturated heterocycles. The third-order valence-electron chi connectivity index (χ3n) is 8.87. The average Bonchev–Trinajstić information content (AvgIpc) is 3.03. The molecular weight excluding hydrogens is 580 g/mol. The van der Waals surface area contributed by atoms with E-state index in [-0.39, 0.29) is 30.0 Å². The fourth-order valence-electron chi connectivity index (χ4n) is 6.28. The molecule has 46 heavy (non-hydrogen) atoms. The molecule has 3 aromatic rings. The summed E-state index contributed by atoms with van der Waals surface area (Å²) >= 11 is 0. The van der Waals surface area contributed by atoms with Crippen molar-refractivity contribution in [2.75, 3.05) is 13.1 Å². The van der Waals surface area contributed by atoms with Crippen LogP contribution in [0.3, 0.4) is 0 Å². The van der Waals surface area contributed by atoms with Crippen molar-refractivity contribution in [2.24, 2.45) is 17.2 Å². The zero-order chi connectivity index (χ0) is 33.2. The Morgan fingerprint density at radius 2 is 1.59 bits per heavy atom. The van der Waals surface area contributed by atoms with Gasteiger partial charge in [0.2, 0.25) is 17.7 Å². The molecule has 0 aliphatic carbocycles. The molecular formula is C36H48N6O4. The van der Waals surface area contributed by atoms with Gasteiger partial charge in [-0.2, -0.15) is 0 Å². The second-order valence-corrected chi connectivity index (χ2v) is 12.4. The predicted octanol–water partition coefficient (Wildman–Crippen LogP) is 2.13. The van der Waals surface area contributed by atoms with Crippen molar-refractivity contribution in [3.05, 3.63) is 100 Å². The summed E-state index contributed by atoms with van der Waals surface area (Å²) < 4.78 is 0. The van der Waals surface area contributed by atoms with Crippen LogP contribution < -0.4 is 27.8 Å². The van der Waals surface area contributed by atoms with Gasteiger partial charge in [0.15, 0.2) is 0 Å². The van der Waals surface area contributed by atoms with Gasteiger partial charge < -0.3 is 37.8 Å². The fourth-order valence-corrected chi connectivity index (χ4v) is 6.28. The summed E-state index contributed by atoms with van der Waals surface area (Å²) in [5, 5.41) is 16.3. The predicted molar refractivity (Wildman–Crippen MR) is 180 cm³/mol. The first-order valence-corrected chi connectivity index (χ1v) is 16.1. The number of nitrogens with zero attached hydrogens (tertiary/aromatic N) is 1. The number of rotatable bonds is 15. The van der Waals surface area contributed by atoms with Crippen LogP contribution in [0.1, 0.15) is 52.6 Å². The minimum absolute atomic E-state index is 0.172. The summed E-state index contributed by atoms with van der Waals surface area (Å²) in [7, 11) is 0. The van der Waals surface area contributed by atoms with E-state index < -0.39 is 24.0 Å². The number of amides is 3.